The van der Waals surface area contributed by atoms with Crippen molar-refractivity contribution in [1.29, 1.82) is 0 Å². The standard InChI is InChI=1S/C16H18BrNO2/c1-10-8-15(12(3)20-10)11(2)18-16(19)14-6-4-13(9-17)5-7-14/h4-8,11H,9H2,1-3H3,(H,18,19). The predicted molar refractivity (Wildman–Crippen MR) is 83.1 cm³/mol. The Morgan fingerprint density at radius 1 is 1.30 bits per heavy atom. The van der Waals surface area contributed by atoms with Crippen molar-refractivity contribution in [2.75, 3.05) is 0 Å². The van der Waals surface area contributed by atoms with Crippen molar-refractivity contribution in [3.8, 4) is 0 Å². The zero-order valence-corrected chi connectivity index (χ0v) is 13.5. The van der Waals surface area contributed by atoms with E-state index < -0.39 is 0 Å². The highest BCUT2D eigenvalue weighted by molar-refractivity contribution is 9.08. The minimum Gasteiger partial charge on any atom is -0.466 e. The molecule has 3 nitrogen and oxygen atoms in total. The smallest absolute Gasteiger partial charge is 0.251 e. The van der Waals surface area contributed by atoms with E-state index in [-0.39, 0.29) is 11.9 Å². The van der Waals surface area contributed by atoms with Crippen molar-refractivity contribution in [3.63, 3.8) is 0 Å². The average Bonchev–Trinajstić information content (AvgIpc) is 2.78. The van der Waals surface area contributed by atoms with E-state index in [0.29, 0.717) is 5.56 Å². The predicted octanol–water partition coefficient (Wildman–Crippen LogP) is 4.28. The molecule has 0 radical (unpaired) electrons. The molecule has 0 aliphatic heterocycles. The summed E-state index contributed by atoms with van der Waals surface area (Å²) in [6.07, 6.45) is 0. The van der Waals surface area contributed by atoms with E-state index in [1.807, 2.05) is 51.1 Å². The van der Waals surface area contributed by atoms with Crippen LogP contribution in [0.5, 0.6) is 0 Å². The number of nitrogens with one attached hydrogen (secondary N) is 1. The van der Waals surface area contributed by atoms with Gasteiger partial charge in [-0.05, 0) is 44.5 Å². The fraction of sp³-hybridized carbons (Fsp3) is 0.312. The second kappa shape index (κ2) is 6.27. The van der Waals surface area contributed by atoms with E-state index in [2.05, 4.69) is 21.2 Å². The molecule has 0 saturated carbocycles. The number of carbonyl (C=O) groups is 1. The first-order valence-corrected chi connectivity index (χ1v) is 7.66. The highest BCUT2D eigenvalue weighted by atomic mass is 79.9. The molecular formula is C16H18BrNO2. The number of furan rings is 1. The van der Waals surface area contributed by atoms with Gasteiger partial charge in [-0.1, -0.05) is 28.1 Å². The molecule has 2 aromatic rings. The van der Waals surface area contributed by atoms with E-state index in [1.54, 1.807) is 0 Å². The Balaban J connectivity index is 2.08. The third kappa shape index (κ3) is 3.31. The third-order valence-electron chi connectivity index (χ3n) is 3.26. The van der Waals surface area contributed by atoms with Gasteiger partial charge in [0.15, 0.2) is 0 Å². The number of rotatable bonds is 4. The lowest BCUT2D eigenvalue weighted by Crippen LogP contribution is -2.26. The van der Waals surface area contributed by atoms with Crippen molar-refractivity contribution in [2.45, 2.75) is 32.1 Å². The summed E-state index contributed by atoms with van der Waals surface area (Å²) in [5.74, 6) is 1.64. The Morgan fingerprint density at radius 2 is 1.95 bits per heavy atom. The van der Waals surface area contributed by atoms with Gasteiger partial charge in [0.1, 0.15) is 11.5 Å². The van der Waals surface area contributed by atoms with Gasteiger partial charge in [-0.3, -0.25) is 4.79 Å². The highest BCUT2D eigenvalue weighted by Crippen LogP contribution is 2.21. The molecule has 1 amide bonds. The molecule has 1 aromatic heterocycles. The Bertz CT molecular complexity index is 601. The fourth-order valence-corrected chi connectivity index (χ4v) is 2.56. The lowest BCUT2D eigenvalue weighted by molar-refractivity contribution is 0.0939. The topological polar surface area (TPSA) is 42.2 Å². The van der Waals surface area contributed by atoms with E-state index >= 15 is 0 Å². The van der Waals surface area contributed by atoms with Crippen molar-refractivity contribution in [3.05, 3.63) is 58.5 Å². The summed E-state index contributed by atoms with van der Waals surface area (Å²) in [6, 6.07) is 9.46. The summed E-state index contributed by atoms with van der Waals surface area (Å²) in [5, 5.41) is 3.78. The third-order valence-corrected chi connectivity index (χ3v) is 3.91. The molecule has 0 aliphatic carbocycles. The zero-order valence-electron chi connectivity index (χ0n) is 11.9. The maximum Gasteiger partial charge on any atom is 0.251 e. The Kier molecular flexibility index (Phi) is 4.65. The molecule has 1 atom stereocenters. The molecule has 0 spiro atoms. The summed E-state index contributed by atoms with van der Waals surface area (Å²) in [4.78, 5) is 12.2. The Hall–Kier alpha value is -1.55. The van der Waals surface area contributed by atoms with Gasteiger partial charge >= 0.3 is 0 Å². The number of alkyl halides is 1. The molecule has 0 aliphatic rings. The highest BCUT2D eigenvalue weighted by Gasteiger charge is 2.15. The van der Waals surface area contributed by atoms with Crippen molar-refractivity contribution in [2.24, 2.45) is 0 Å². The molecular weight excluding hydrogens is 318 g/mol. The molecule has 2 rings (SSSR count). The summed E-state index contributed by atoms with van der Waals surface area (Å²) in [7, 11) is 0. The van der Waals surface area contributed by atoms with Crippen molar-refractivity contribution < 1.29 is 9.21 Å². The van der Waals surface area contributed by atoms with Gasteiger partial charge in [0.05, 0.1) is 6.04 Å². The van der Waals surface area contributed by atoms with Gasteiger partial charge in [-0.2, -0.15) is 0 Å². The van der Waals surface area contributed by atoms with E-state index in [0.717, 1.165) is 28.0 Å². The van der Waals surface area contributed by atoms with Crippen LogP contribution >= 0.6 is 15.9 Å². The van der Waals surface area contributed by atoms with Crippen LogP contribution in [0.2, 0.25) is 0 Å². The normalized spacial score (nSPS) is 12.2. The first-order chi connectivity index (χ1) is 9.51. The number of benzene rings is 1. The van der Waals surface area contributed by atoms with E-state index in [4.69, 9.17) is 4.42 Å². The van der Waals surface area contributed by atoms with Crippen LogP contribution < -0.4 is 5.32 Å². The minimum atomic E-state index is -0.0733. The maximum atomic E-state index is 12.2. The van der Waals surface area contributed by atoms with Gasteiger partial charge in [-0.15, -0.1) is 0 Å². The summed E-state index contributed by atoms with van der Waals surface area (Å²) in [5.41, 5.74) is 2.84. The fourth-order valence-electron chi connectivity index (χ4n) is 2.18. The molecule has 1 aromatic carbocycles. The molecule has 0 bridgehead atoms. The maximum absolute atomic E-state index is 12.2. The molecule has 0 saturated heterocycles. The number of amides is 1. The van der Waals surface area contributed by atoms with Crippen LogP contribution in [0.1, 0.15) is 46.0 Å². The van der Waals surface area contributed by atoms with Crippen molar-refractivity contribution >= 4 is 21.8 Å². The Labute approximate surface area is 127 Å². The van der Waals surface area contributed by atoms with Gasteiger partial charge in [0.25, 0.3) is 5.91 Å². The monoisotopic (exact) mass is 335 g/mol. The van der Waals surface area contributed by atoms with Gasteiger partial charge in [0.2, 0.25) is 0 Å². The van der Waals surface area contributed by atoms with Crippen LogP contribution in [-0.2, 0) is 5.33 Å². The summed E-state index contributed by atoms with van der Waals surface area (Å²) < 4.78 is 5.50. The molecule has 1 heterocycles. The molecule has 1 unspecified atom stereocenters. The minimum absolute atomic E-state index is 0.0723. The van der Waals surface area contributed by atoms with Crippen molar-refractivity contribution in [1.82, 2.24) is 5.32 Å². The summed E-state index contributed by atoms with van der Waals surface area (Å²) in [6.45, 7) is 5.78. The largest absolute Gasteiger partial charge is 0.466 e. The second-order valence-corrected chi connectivity index (χ2v) is 5.46. The molecule has 106 valence electrons. The van der Waals surface area contributed by atoms with Gasteiger partial charge < -0.3 is 9.73 Å². The van der Waals surface area contributed by atoms with Crippen LogP contribution in [0, 0.1) is 13.8 Å². The van der Waals surface area contributed by atoms with Gasteiger partial charge in [0, 0.05) is 16.5 Å². The van der Waals surface area contributed by atoms with Crippen LogP contribution in [-0.4, -0.2) is 5.91 Å². The quantitative estimate of drug-likeness (QED) is 0.847. The lowest BCUT2D eigenvalue weighted by Gasteiger charge is -2.13. The van der Waals surface area contributed by atoms with Crippen LogP contribution in [0.3, 0.4) is 0 Å². The summed E-state index contributed by atoms with van der Waals surface area (Å²) >= 11 is 3.39. The number of hydrogen-bond donors (Lipinski definition) is 1. The molecule has 1 N–H and O–H groups in total. The number of hydrogen-bond acceptors (Lipinski definition) is 2. The SMILES string of the molecule is Cc1cc(C(C)NC(=O)c2ccc(CBr)cc2)c(C)o1. The molecule has 4 heteroatoms. The van der Waals surface area contributed by atoms with Crippen LogP contribution in [0.4, 0.5) is 0 Å². The second-order valence-electron chi connectivity index (χ2n) is 4.89. The average molecular weight is 336 g/mol. The number of carbonyl (C=O) groups excluding carboxylic acids is 1. The number of halogens is 1. The van der Waals surface area contributed by atoms with E-state index in [9.17, 15) is 4.79 Å². The van der Waals surface area contributed by atoms with Crippen LogP contribution in [0.15, 0.2) is 34.7 Å². The number of aryl methyl sites for hydroxylation is 2. The zero-order chi connectivity index (χ0) is 14.7. The van der Waals surface area contributed by atoms with Crippen LogP contribution in [0.25, 0.3) is 0 Å². The molecule has 0 fully saturated rings. The first-order valence-electron chi connectivity index (χ1n) is 6.54. The lowest BCUT2D eigenvalue weighted by atomic mass is 10.1. The van der Waals surface area contributed by atoms with Gasteiger partial charge in [-0.25, -0.2) is 0 Å². The first kappa shape index (κ1) is 14.9. The van der Waals surface area contributed by atoms with E-state index in [1.165, 1.54) is 0 Å². The Morgan fingerprint density at radius 3 is 2.45 bits per heavy atom. The molecule has 20 heavy (non-hydrogen) atoms.